The minimum Gasteiger partial charge on any atom is -0.465 e. The highest BCUT2D eigenvalue weighted by atomic mass is 127. The number of allylic oxidation sites excluding steroid dienone is 2. The van der Waals surface area contributed by atoms with E-state index in [9.17, 15) is 4.79 Å². The van der Waals surface area contributed by atoms with Crippen LogP contribution >= 0.6 is 22.6 Å². The molecule has 0 fully saturated rings. The minimum absolute atomic E-state index is 0.0997. The molecule has 98 valence electrons. The van der Waals surface area contributed by atoms with Gasteiger partial charge < -0.3 is 4.74 Å². The number of carbonyl (C=O) groups is 1. The minimum atomic E-state index is -0.0997. The van der Waals surface area contributed by atoms with Crippen molar-refractivity contribution in [2.45, 2.75) is 39.5 Å². The SMILES string of the molecule is C=CC[C@H](COC(=O)CCCC(=C)I)C(C)C. The molecular weight excluding hydrogens is 327 g/mol. The first-order valence-corrected chi connectivity index (χ1v) is 7.15. The maximum absolute atomic E-state index is 11.5. The maximum atomic E-state index is 11.5. The Morgan fingerprint density at radius 3 is 2.53 bits per heavy atom. The van der Waals surface area contributed by atoms with Gasteiger partial charge in [0, 0.05) is 6.42 Å². The summed E-state index contributed by atoms with van der Waals surface area (Å²) in [6, 6.07) is 0. The number of hydrogen-bond acceptors (Lipinski definition) is 2. The summed E-state index contributed by atoms with van der Waals surface area (Å²) >= 11 is 2.18. The summed E-state index contributed by atoms with van der Waals surface area (Å²) in [5.41, 5.74) is 0. The van der Waals surface area contributed by atoms with Crippen LogP contribution in [0, 0.1) is 11.8 Å². The fourth-order valence-electron chi connectivity index (χ4n) is 1.44. The number of hydrogen-bond donors (Lipinski definition) is 0. The first kappa shape index (κ1) is 16.7. The van der Waals surface area contributed by atoms with E-state index in [0.29, 0.717) is 24.9 Å². The first-order chi connectivity index (χ1) is 7.97. The number of ether oxygens (including phenoxy) is 1. The molecule has 0 aliphatic heterocycles. The number of halogens is 1. The predicted octanol–water partition coefficient (Wildman–Crippen LogP) is 4.50. The van der Waals surface area contributed by atoms with Crippen LogP contribution in [0.4, 0.5) is 0 Å². The molecule has 0 saturated heterocycles. The molecule has 0 amide bonds. The fraction of sp³-hybridized carbons (Fsp3) is 0.643. The zero-order valence-corrected chi connectivity index (χ0v) is 13.0. The smallest absolute Gasteiger partial charge is 0.305 e. The lowest BCUT2D eigenvalue weighted by Gasteiger charge is -2.18. The van der Waals surface area contributed by atoms with Crippen LogP contribution in [0.1, 0.15) is 39.5 Å². The van der Waals surface area contributed by atoms with Crippen LogP contribution in [0.5, 0.6) is 0 Å². The molecular formula is C14H23IO2. The molecule has 0 spiro atoms. The highest BCUT2D eigenvalue weighted by molar-refractivity contribution is 14.1. The van der Waals surface area contributed by atoms with Crippen molar-refractivity contribution in [1.82, 2.24) is 0 Å². The standard InChI is InChI=1S/C14H23IO2/c1-5-7-13(11(2)3)10-17-14(16)9-6-8-12(4)15/h5,11,13H,1,4,6-10H2,2-3H3/t13-/m1/s1. The summed E-state index contributed by atoms with van der Waals surface area (Å²) in [4.78, 5) is 11.5. The van der Waals surface area contributed by atoms with Crippen LogP contribution in [0.25, 0.3) is 0 Å². The van der Waals surface area contributed by atoms with Gasteiger partial charge in [0.1, 0.15) is 0 Å². The number of carbonyl (C=O) groups excluding carboxylic acids is 1. The summed E-state index contributed by atoms with van der Waals surface area (Å²) in [7, 11) is 0. The average Bonchev–Trinajstić information content (AvgIpc) is 2.23. The van der Waals surface area contributed by atoms with E-state index >= 15 is 0 Å². The van der Waals surface area contributed by atoms with E-state index in [4.69, 9.17) is 4.74 Å². The van der Waals surface area contributed by atoms with Crippen molar-refractivity contribution in [3.63, 3.8) is 0 Å². The quantitative estimate of drug-likeness (QED) is 0.348. The van der Waals surface area contributed by atoms with Crippen LogP contribution in [-0.2, 0) is 9.53 Å². The summed E-state index contributed by atoms with van der Waals surface area (Å²) in [5.74, 6) is 0.795. The van der Waals surface area contributed by atoms with Gasteiger partial charge in [-0.15, -0.1) is 6.58 Å². The lowest BCUT2D eigenvalue weighted by atomic mass is 9.93. The molecule has 17 heavy (non-hydrogen) atoms. The second kappa shape index (κ2) is 9.68. The van der Waals surface area contributed by atoms with E-state index in [1.807, 2.05) is 6.08 Å². The number of rotatable bonds is 9. The van der Waals surface area contributed by atoms with E-state index < -0.39 is 0 Å². The van der Waals surface area contributed by atoms with Gasteiger partial charge in [-0.1, -0.05) is 26.5 Å². The zero-order chi connectivity index (χ0) is 13.3. The van der Waals surface area contributed by atoms with Crippen LogP contribution in [0.3, 0.4) is 0 Å². The Morgan fingerprint density at radius 1 is 1.41 bits per heavy atom. The van der Waals surface area contributed by atoms with Crippen molar-refractivity contribution >= 4 is 28.6 Å². The van der Waals surface area contributed by atoms with Crippen molar-refractivity contribution in [1.29, 1.82) is 0 Å². The average molecular weight is 350 g/mol. The monoisotopic (exact) mass is 350 g/mol. The van der Waals surface area contributed by atoms with Crippen LogP contribution in [0.15, 0.2) is 22.8 Å². The Bertz CT molecular complexity index is 259. The second-order valence-corrected chi connectivity index (χ2v) is 6.11. The molecule has 0 bridgehead atoms. The van der Waals surface area contributed by atoms with E-state index in [1.54, 1.807) is 0 Å². The van der Waals surface area contributed by atoms with E-state index in [-0.39, 0.29) is 5.97 Å². The molecule has 0 unspecified atom stereocenters. The molecule has 0 aromatic heterocycles. The first-order valence-electron chi connectivity index (χ1n) is 6.07. The third kappa shape index (κ3) is 9.39. The van der Waals surface area contributed by atoms with E-state index in [2.05, 4.69) is 49.6 Å². The Hall–Kier alpha value is -0.320. The van der Waals surface area contributed by atoms with Gasteiger partial charge >= 0.3 is 5.97 Å². The molecule has 0 rings (SSSR count). The highest BCUT2D eigenvalue weighted by Gasteiger charge is 2.14. The van der Waals surface area contributed by atoms with Crippen LogP contribution in [-0.4, -0.2) is 12.6 Å². The third-order valence-electron chi connectivity index (χ3n) is 2.70. The summed E-state index contributed by atoms with van der Waals surface area (Å²) in [5, 5.41) is 0. The second-order valence-electron chi connectivity index (χ2n) is 4.58. The van der Waals surface area contributed by atoms with Gasteiger partial charge in [0.25, 0.3) is 0 Å². The lowest BCUT2D eigenvalue weighted by molar-refractivity contribution is -0.145. The number of esters is 1. The van der Waals surface area contributed by atoms with Gasteiger partial charge in [-0.05, 0) is 57.3 Å². The highest BCUT2D eigenvalue weighted by Crippen LogP contribution is 2.17. The molecule has 0 saturated carbocycles. The Balaban J connectivity index is 3.80. The van der Waals surface area contributed by atoms with Gasteiger partial charge in [0.05, 0.1) is 6.61 Å². The maximum Gasteiger partial charge on any atom is 0.305 e. The summed E-state index contributed by atoms with van der Waals surface area (Å²) < 4.78 is 6.37. The van der Waals surface area contributed by atoms with Crippen molar-refractivity contribution in [2.24, 2.45) is 11.8 Å². The van der Waals surface area contributed by atoms with Gasteiger partial charge in [-0.25, -0.2) is 0 Å². The Morgan fingerprint density at radius 2 is 2.06 bits per heavy atom. The normalized spacial score (nSPS) is 12.2. The fourth-order valence-corrected chi connectivity index (χ4v) is 1.82. The molecule has 0 aromatic carbocycles. The van der Waals surface area contributed by atoms with Gasteiger partial charge in [-0.3, -0.25) is 4.79 Å². The summed E-state index contributed by atoms with van der Waals surface area (Å²) in [6.45, 7) is 12.3. The molecule has 0 aliphatic carbocycles. The lowest BCUT2D eigenvalue weighted by Crippen LogP contribution is -2.18. The van der Waals surface area contributed by atoms with Crippen molar-refractivity contribution < 1.29 is 9.53 Å². The van der Waals surface area contributed by atoms with Crippen molar-refractivity contribution in [3.05, 3.63) is 22.8 Å². The van der Waals surface area contributed by atoms with Crippen molar-refractivity contribution in [3.8, 4) is 0 Å². The predicted molar refractivity (Wildman–Crippen MR) is 81.1 cm³/mol. The molecule has 0 heterocycles. The molecule has 0 radical (unpaired) electrons. The topological polar surface area (TPSA) is 26.3 Å². The molecule has 0 N–H and O–H groups in total. The van der Waals surface area contributed by atoms with Crippen molar-refractivity contribution in [2.75, 3.05) is 6.61 Å². The van der Waals surface area contributed by atoms with Crippen LogP contribution < -0.4 is 0 Å². The third-order valence-corrected chi connectivity index (χ3v) is 3.24. The zero-order valence-electron chi connectivity index (χ0n) is 10.9. The van der Waals surface area contributed by atoms with E-state index in [1.165, 1.54) is 0 Å². The van der Waals surface area contributed by atoms with Gasteiger partial charge in [0.2, 0.25) is 0 Å². The van der Waals surface area contributed by atoms with Gasteiger partial charge in [-0.2, -0.15) is 0 Å². The Labute approximate surface area is 119 Å². The summed E-state index contributed by atoms with van der Waals surface area (Å²) in [6.07, 6.45) is 4.99. The van der Waals surface area contributed by atoms with Crippen LogP contribution in [0.2, 0.25) is 0 Å². The largest absolute Gasteiger partial charge is 0.465 e. The Kier molecular flexibility index (Phi) is 9.50. The molecule has 2 nitrogen and oxygen atoms in total. The van der Waals surface area contributed by atoms with Gasteiger partial charge in [0.15, 0.2) is 0 Å². The van der Waals surface area contributed by atoms with E-state index in [0.717, 1.165) is 22.8 Å². The molecule has 0 aromatic rings. The molecule has 1 atom stereocenters. The molecule has 3 heteroatoms. The molecule has 0 aliphatic rings.